The summed E-state index contributed by atoms with van der Waals surface area (Å²) in [6.07, 6.45) is 0. The Hall–Kier alpha value is -0.890. The normalized spacial score (nSPS) is 11.8. The molecule has 0 aromatic heterocycles. The van der Waals surface area contributed by atoms with Crippen LogP contribution < -0.4 is 5.32 Å². The quantitative estimate of drug-likeness (QED) is 0.781. The first kappa shape index (κ1) is 11.2. The van der Waals surface area contributed by atoms with Crippen LogP contribution in [0.15, 0.2) is 18.2 Å². The Balaban J connectivity index is 3.06. The molecule has 0 bridgehead atoms. The summed E-state index contributed by atoms with van der Waals surface area (Å²) in [6.45, 7) is 6.75. The maximum absolute atomic E-state index is 13.6. The third-order valence-electron chi connectivity index (χ3n) is 2.47. The molecule has 1 aromatic carbocycles. The fourth-order valence-corrected chi connectivity index (χ4v) is 1.71. The smallest absolute Gasteiger partial charge is 0.127 e. The Kier molecular flexibility index (Phi) is 3.27. The van der Waals surface area contributed by atoms with Crippen molar-refractivity contribution in [1.29, 1.82) is 0 Å². The fraction of sp³-hybridized carbons (Fsp3) is 0.500. The van der Waals surface area contributed by atoms with E-state index in [0.717, 1.165) is 17.7 Å². The summed E-state index contributed by atoms with van der Waals surface area (Å²) in [6, 6.07) is 5.42. The lowest BCUT2D eigenvalue weighted by atomic mass is 9.84. The van der Waals surface area contributed by atoms with Crippen LogP contribution in [0.25, 0.3) is 0 Å². The molecule has 0 aliphatic heterocycles. The van der Waals surface area contributed by atoms with Crippen molar-refractivity contribution in [1.82, 2.24) is 5.32 Å². The van der Waals surface area contributed by atoms with Crippen molar-refractivity contribution in [3.8, 4) is 0 Å². The molecule has 0 spiro atoms. The van der Waals surface area contributed by atoms with Crippen molar-refractivity contribution in [3.05, 3.63) is 35.1 Å². The first-order chi connectivity index (χ1) is 6.47. The maximum Gasteiger partial charge on any atom is 0.127 e. The third-order valence-corrected chi connectivity index (χ3v) is 2.47. The van der Waals surface area contributed by atoms with Gasteiger partial charge in [-0.3, -0.25) is 0 Å². The van der Waals surface area contributed by atoms with Crippen LogP contribution in [0.4, 0.5) is 4.39 Å². The molecular weight excluding hydrogens is 177 g/mol. The maximum atomic E-state index is 13.6. The molecule has 1 nitrogen and oxygen atoms in total. The van der Waals surface area contributed by atoms with Crippen LogP contribution in [-0.4, -0.2) is 13.6 Å². The van der Waals surface area contributed by atoms with E-state index in [1.165, 1.54) is 0 Å². The zero-order chi connectivity index (χ0) is 10.8. The Bertz CT molecular complexity index is 318. The van der Waals surface area contributed by atoms with Gasteiger partial charge in [-0.05, 0) is 31.2 Å². The molecule has 78 valence electrons. The number of aryl methyl sites for hydroxylation is 1. The van der Waals surface area contributed by atoms with Crippen molar-refractivity contribution >= 4 is 0 Å². The van der Waals surface area contributed by atoms with Gasteiger partial charge in [0.25, 0.3) is 0 Å². The summed E-state index contributed by atoms with van der Waals surface area (Å²) in [5, 5.41) is 3.08. The van der Waals surface area contributed by atoms with Gasteiger partial charge in [0, 0.05) is 12.0 Å². The largest absolute Gasteiger partial charge is 0.319 e. The van der Waals surface area contributed by atoms with Crippen LogP contribution >= 0.6 is 0 Å². The van der Waals surface area contributed by atoms with E-state index in [-0.39, 0.29) is 11.2 Å². The van der Waals surface area contributed by atoms with Gasteiger partial charge < -0.3 is 5.32 Å². The molecule has 0 heterocycles. The van der Waals surface area contributed by atoms with Crippen LogP contribution in [0.2, 0.25) is 0 Å². The first-order valence-electron chi connectivity index (χ1n) is 4.88. The van der Waals surface area contributed by atoms with E-state index < -0.39 is 0 Å². The van der Waals surface area contributed by atoms with Crippen molar-refractivity contribution in [2.75, 3.05) is 13.6 Å². The highest BCUT2D eigenvalue weighted by molar-refractivity contribution is 5.29. The van der Waals surface area contributed by atoms with E-state index >= 15 is 0 Å². The zero-order valence-electron chi connectivity index (χ0n) is 9.32. The predicted octanol–water partition coefficient (Wildman–Crippen LogP) is 2.63. The van der Waals surface area contributed by atoms with E-state index in [4.69, 9.17) is 0 Å². The number of benzene rings is 1. The first-order valence-corrected chi connectivity index (χ1v) is 4.88. The van der Waals surface area contributed by atoms with E-state index in [1.54, 1.807) is 6.07 Å². The van der Waals surface area contributed by atoms with Crippen LogP contribution in [0.3, 0.4) is 0 Å². The molecule has 0 atom stereocenters. The number of hydrogen-bond donors (Lipinski definition) is 1. The number of rotatable bonds is 3. The van der Waals surface area contributed by atoms with Gasteiger partial charge in [0.15, 0.2) is 0 Å². The van der Waals surface area contributed by atoms with Gasteiger partial charge in [-0.15, -0.1) is 0 Å². The fourth-order valence-electron chi connectivity index (χ4n) is 1.71. The molecule has 0 radical (unpaired) electrons. The summed E-state index contributed by atoms with van der Waals surface area (Å²) >= 11 is 0. The van der Waals surface area contributed by atoms with Crippen molar-refractivity contribution < 1.29 is 4.39 Å². The number of likely N-dealkylation sites (N-methyl/N-ethyl adjacent to an activating group) is 1. The van der Waals surface area contributed by atoms with E-state index in [2.05, 4.69) is 5.32 Å². The van der Waals surface area contributed by atoms with Crippen LogP contribution in [0.1, 0.15) is 25.0 Å². The van der Waals surface area contributed by atoms with E-state index in [9.17, 15) is 4.39 Å². The minimum absolute atomic E-state index is 0.106. The van der Waals surface area contributed by atoms with Crippen molar-refractivity contribution in [2.45, 2.75) is 26.2 Å². The van der Waals surface area contributed by atoms with Crippen LogP contribution in [-0.2, 0) is 5.41 Å². The van der Waals surface area contributed by atoms with E-state index in [0.29, 0.717) is 0 Å². The standard InChI is InChI=1S/C12H18FN/c1-9-5-6-10(11(13)7-9)12(2,3)8-14-4/h5-7,14H,8H2,1-4H3. The van der Waals surface area contributed by atoms with Gasteiger partial charge in [-0.25, -0.2) is 4.39 Å². The number of nitrogens with one attached hydrogen (secondary N) is 1. The molecular formula is C12H18FN. The number of hydrogen-bond acceptors (Lipinski definition) is 1. The summed E-state index contributed by atoms with van der Waals surface area (Å²) in [7, 11) is 1.88. The average Bonchev–Trinajstić information content (AvgIpc) is 2.02. The van der Waals surface area contributed by atoms with Crippen molar-refractivity contribution in [2.24, 2.45) is 0 Å². The van der Waals surface area contributed by atoms with Crippen molar-refractivity contribution in [3.63, 3.8) is 0 Å². The monoisotopic (exact) mass is 195 g/mol. The molecule has 0 aliphatic rings. The summed E-state index contributed by atoms with van der Waals surface area (Å²) in [5.41, 5.74) is 1.58. The lowest BCUT2D eigenvalue weighted by molar-refractivity contribution is 0.462. The lowest BCUT2D eigenvalue weighted by Gasteiger charge is -2.25. The SMILES string of the molecule is CNCC(C)(C)c1ccc(C)cc1F. The van der Waals surface area contributed by atoms with Gasteiger partial charge >= 0.3 is 0 Å². The average molecular weight is 195 g/mol. The molecule has 0 unspecified atom stereocenters. The lowest BCUT2D eigenvalue weighted by Crippen LogP contribution is -2.31. The molecule has 0 saturated heterocycles. The van der Waals surface area contributed by atoms with Gasteiger partial charge in [-0.1, -0.05) is 26.0 Å². The van der Waals surface area contributed by atoms with Gasteiger partial charge in [0.05, 0.1) is 0 Å². The Morgan fingerprint density at radius 3 is 2.50 bits per heavy atom. The van der Waals surface area contributed by atoms with E-state index in [1.807, 2.05) is 40.0 Å². The highest BCUT2D eigenvalue weighted by Gasteiger charge is 2.22. The van der Waals surface area contributed by atoms with Gasteiger partial charge in [0.2, 0.25) is 0 Å². The summed E-state index contributed by atoms with van der Waals surface area (Å²) in [5.74, 6) is -0.106. The topological polar surface area (TPSA) is 12.0 Å². The molecule has 1 aromatic rings. The Labute approximate surface area is 85.3 Å². The molecule has 2 heteroatoms. The second kappa shape index (κ2) is 4.09. The highest BCUT2D eigenvalue weighted by Crippen LogP contribution is 2.25. The van der Waals surface area contributed by atoms with Crippen LogP contribution in [0, 0.1) is 12.7 Å². The predicted molar refractivity (Wildman–Crippen MR) is 58.1 cm³/mol. The van der Waals surface area contributed by atoms with Crippen LogP contribution in [0.5, 0.6) is 0 Å². The molecule has 0 aliphatic carbocycles. The molecule has 0 saturated carbocycles. The third kappa shape index (κ3) is 2.32. The molecule has 1 N–H and O–H groups in total. The van der Waals surface area contributed by atoms with Gasteiger partial charge in [0.1, 0.15) is 5.82 Å². The Morgan fingerprint density at radius 1 is 1.36 bits per heavy atom. The minimum Gasteiger partial charge on any atom is -0.319 e. The summed E-state index contributed by atoms with van der Waals surface area (Å²) < 4.78 is 13.6. The number of halogens is 1. The minimum atomic E-state index is -0.160. The zero-order valence-corrected chi connectivity index (χ0v) is 9.32. The summed E-state index contributed by atoms with van der Waals surface area (Å²) in [4.78, 5) is 0. The molecule has 0 fully saturated rings. The second-order valence-corrected chi connectivity index (χ2v) is 4.40. The van der Waals surface area contributed by atoms with Gasteiger partial charge in [-0.2, -0.15) is 0 Å². The molecule has 14 heavy (non-hydrogen) atoms. The second-order valence-electron chi connectivity index (χ2n) is 4.40. The Morgan fingerprint density at radius 2 is 2.00 bits per heavy atom. The molecule has 1 rings (SSSR count). The molecule has 0 amide bonds. The highest BCUT2D eigenvalue weighted by atomic mass is 19.1.